The van der Waals surface area contributed by atoms with Gasteiger partial charge in [-0.25, -0.2) is 4.39 Å². The second-order valence-electron chi connectivity index (χ2n) is 10.2. The Kier molecular flexibility index (Phi) is 8.14. The van der Waals surface area contributed by atoms with Crippen molar-refractivity contribution < 1.29 is 23.4 Å². The summed E-state index contributed by atoms with van der Waals surface area (Å²) in [5.74, 6) is 0.0414. The Morgan fingerprint density at radius 3 is 2.63 bits per heavy atom. The SMILES string of the molecule is COCCN1C(N)=C(C#N)[C@@H](c2cc(Br)c(OCc3ccccc3F)c(OC)c2)C2=C1CC(C)(C)CC2=O. The van der Waals surface area contributed by atoms with Crippen LogP contribution in [0, 0.1) is 22.6 Å². The van der Waals surface area contributed by atoms with Gasteiger partial charge in [-0.05, 0) is 51.5 Å². The fourth-order valence-electron chi connectivity index (χ4n) is 5.16. The summed E-state index contributed by atoms with van der Waals surface area (Å²) < 4.78 is 31.6. The molecule has 1 aliphatic heterocycles. The van der Waals surface area contributed by atoms with Gasteiger partial charge in [0.05, 0.1) is 35.7 Å². The number of ketones is 1. The van der Waals surface area contributed by atoms with Gasteiger partial charge in [-0.15, -0.1) is 0 Å². The Morgan fingerprint density at radius 2 is 1.97 bits per heavy atom. The lowest BCUT2D eigenvalue weighted by molar-refractivity contribution is -0.118. The first-order valence-corrected chi connectivity index (χ1v) is 13.1. The van der Waals surface area contributed by atoms with Gasteiger partial charge >= 0.3 is 0 Å². The van der Waals surface area contributed by atoms with Gasteiger partial charge in [0.1, 0.15) is 18.2 Å². The van der Waals surface area contributed by atoms with E-state index < -0.39 is 5.92 Å². The van der Waals surface area contributed by atoms with E-state index in [9.17, 15) is 14.4 Å². The molecule has 38 heavy (non-hydrogen) atoms. The van der Waals surface area contributed by atoms with E-state index >= 15 is 0 Å². The van der Waals surface area contributed by atoms with Gasteiger partial charge in [0.15, 0.2) is 17.3 Å². The highest BCUT2D eigenvalue weighted by Crippen LogP contribution is 2.50. The molecule has 1 aliphatic carbocycles. The van der Waals surface area contributed by atoms with Crippen LogP contribution in [0.2, 0.25) is 0 Å². The Balaban J connectivity index is 1.81. The largest absolute Gasteiger partial charge is 0.493 e. The number of allylic oxidation sites excluding steroid dienone is 3. The van der Waals surface area contributed by atoms with Gasteiger partial charge < -0.3 is 24.8 Å². The molecule has 9 heteroatoms. The van der Waals surface area contributed by atoms with E-state index in [0.717, 1.165) is 5.70 Å². The maximum Gasteiger partial charge on any atom is 0.175 e. The van der Waals surface area contributed by atoms with Gasteiger partial charge in [-0.1, -0.05) is 32.0 Å². The number of nitriles is 1. The van der Waals surface area contributed by atoms with Gasteiger partial charge in [-0.3, -0.25) is 4.79 Å². The lowest BCUT2D eigenvalue weighted by Gasteiger charge is -2.43. The monoisotopic (exact) mass is 583 g/mol. The number of ether oxygens (including phenoxy) is 3. The lowest BCUT2D eigenvalue weighted by atomic mass is 9.68. The average Bonchev–Trinajstić information content (AvgIpc) is 2.86. The third kappa shape index (κ3) is 5.29. The highest BCUT2D eigenvalue weighted by molar-refractivity contribution is 9.10. The van der Waals surface area contributed by atoms with Crippen molar-refractivity contribution in [2.75, 3.05) is 27.4 Å². The fourth-order valence-corrected chi connectivity index (χ4v) is 5.73. The second-order valence-corrected chi connectivity index (χ2v) is 11.1. The van der Waals surface area contributed by atoms with Crippen LogP contribution in [-0.4, -0.2) is 38.1 Å². The Bertz CT molecular complexity index is 1360. The van der Waals surface area contributed by atoms with Crippen LogP contribution >= 0.6 is 15.9 Å². The quantitative estimate of drug-likeness (QED) is 0.434. The van der Waals surface area contributed by atoms with Crippen molar-refractivity contribution in [3.63, 3.8) is 0 Å². The number of carbonyl (C=O) groups excluding carboxylic acids is 1. The molecule has 2 aromatic rings. The Labute approximate surface area is 230 Å². The molecule has 0 amide bonds. The van der Waals surface area contributed by atoms with Crippen molar-refractivity contribution in [1.82, 2.24) is 4.90 Å². The standard InChI is InChI=1S/C29H31BrFN3O4/c1-29(2)13-22-26(23(35)14-29)25(19(15-32)28(33)34(22)9-10-36-3)18-11-20(30)27(24(12-18)37-4)38-16-17-7-5-6-8-21(17)31/h5-8,11-12,25H,9-10,13-14,16,33H2,1-4H3/t25-/m1/s1. The number of nitrogens with two attached hydrogens (primary N) is 1. The molecule has 2 aromatic carbocycles. The summed E-state index contributed by atoms with van der Waals surface area (Å²) >= 11 is 3.56. The number of methoxy groups -OCH3 is 2. The van der Waals surface area contributed by atoms with Crippen LogP contribution in [0.5, 0.6) is 11.5 Å². The normalized spacial score (nSPS) is 18.8. The van der Waals surface area contributed by atoms with Crippen LogP contribution in [-0.2, 0) is 16.1 Å². The lowest BCUT2D eigenvalue weighted by Crippen LogP contribution is -2.43. The van der Waals surface area contributed by atoms with Crippen molar-refractivity contribution >= 4 is 21.7 Å². The molecule has 7 nitrogen and oxygen atoms in total. The summed E-state index contributed by atoms with van der Waals surface area (Å²) in [5, 5.41) is 10.2. The molecule has 0 unspecified atom stereocenters. The highest BCUT2D eigenvalue weighted by atomic mass is 79.9. The van der Waals surface area contributed by atoms with Crippen molar-refractivity contribution in [2.24, 2.45) is 11.1 Å². The van der Waals surface area contributed by atoms with Crippen LogP contribution in [0.3, 0.4) is 0 Å². The van der Waals surface area contributed by atoms with Gasteiger partial charge in [0, 0.05) is 36.9 Å². The highest BCUT2D eigenvalue weighted by Gasteiger charge is 2.44. The van der Waals surface area contributed by atoms with Crippen molar-refractivity contribution in [1.29, 1.82) is 5.26 Å². The molecule has 4 rings (SSSR count). The molecule has 0 radical (unpaired) electrons. The van der Waals surface area contributed by atoms with E-state index in [1.807, 2.05) is 4.90 Å². The molecule has 0 bridgehead atoms. The number of rotatable bonds is 8. The minimum absolute atomic E-state index is 0.00195. The Hall–Kier alpha value is -3.35. The number of Topliss-reactive ketones (excluding diaryl/α,β-unsaturated/α-hetero) is 1. The zero-order chi connectivity index (χ0) is 27.6. The van der Waals surface area contributed by atoms with E-state index in [1.165, 1.54) is 13.2 Å². The third-order valence-electron chi connectivity index (χ3n) is 6.92. The van der Waals surface area contributed by atoms with E-state index in [4.69, 9.17) is 19.9 Å². The van der Waals surface area contributed by atoms with Crippen LogP contribution in [0.1, 0.15) is 43.7 Å². The number of carbonyl (C=O) groups is 1. The summed E-state index contributed by atoms with van der Waals surface area (Å²) in [7, 11) is 3.10. The first-order valence-electron chi connectivity index (χ1n) is 12.3. The second kappa shape index (κ2) is 11.2. The molecular formula is C29H31BrFN3O4. The molecule has 1 atom stereocenters. The molecule has 2 N–H and O–H groups in total. The average molecular weight is 584 g/mol. The van der Waals surface area contributed by atoms with E-state index in [-0.39, 0.29) is 23.6 Å². The third-order valence-corrected chi connectivity index (χ3v) is 7.51. The molecule has 1 heterocycles. The number of hydrogen-bond acceptors (Lipinski definition) is 7. The molecule has 0 saturated heterocycles. The summed E-state index contributed by atoms with van der Waals surface area (Å²) in [6.07, 6.45) is 0.997. The van der Waals surface area contributed by atoms with Crippen LogP contribution < -0.4 is 15.2 Å². The molecule has 0 fully saturated rings. The first-order chi connectivity index (χ1) is 18.1. The van der Waals surface area contributed by atoms with E-state index in [2.05, 4.69) is 35.8 Å². The zero-order valence-electron chi connectivity index (χ0n) is 21.9. The topological polar surface area (TPSA) is 97.8 Å². The molecule has 0 saturated carbocycles. The molecular weight excluding hydrogens is 553 g/mol. The minimum atomic E-state index is -0.664. The van der Waals surface area contributed by atoms with Gasteiger partial charge in [0.2, 0.25) is 0 Å². The molecule has 2 aliphatic rings. The van der Waals surface area contributed by atoms with Gasteiger partial charge in [0.25, 0.3) is 0 Å². The summed E-state index contributed by atoms with van der Waals surface area (Å²) in [5.41, 5.74) is 9.09. The summed E-state index contributed by atoms with van der Waals surface area (Å²) in [6, 6.07) is 12.2. The minimum Gasteiger partial charge on any atom is -0.493 e. The number of hydrogen-bond donors (Lipinski definition) is 1. The number of halogens is 2. The smallest absolute Gasteiger partial charge is 0.175 e. The molecule has 200 valence electrons. The molecule has 0 spiro atoms. The summed E-state index contributed by atoms with van der Waals surface area (Å²) in [4.78, 5) is 15.5. The van der Waals surface area contributed by atoms with Crippen LogP contribution in [0.15, 0.2) is 63.5 Å². The number of nitrogens with zero attached hydrogens (tertiary/aromatic N) is 2. The number of benzene rings is 2. The van der Waals surface area contributed by atoms with Crippen molar-refractivity contribution in [2.45, 2.75) is 39.2 Å². The Morgan fingerprint density at radius 1 is 1.24 bits per heavy atom. The van der Waals surface area contributed by atoms with Gasteiger partial charge in [-0.2, -0.15) is 5.26 Å². The molecule has 0 aromatic heterocycles. The fraction of sp³-hybridized carbons (Fsp3) is 0.379. The zero-order valence-corrected chi connectivity index (χ0v) is 23.5. The van der Waals surface area contributed by atoms with E-state index in [1.54, 1.807) is 37.4 Å². The predicted octanol–water partition coefficient (Wildman–Crippen LogP) is 5.56. The van der Waals surface area contributed by atoms with Crippen molar-refractivity contribution in [3.8, 4) is 17.6 Å². The summed E-state index contributed by atoms with van der Waals surface area (Å²) in [6.45, 7) is 4.93. The van der Waals surface area contributed by atoms with E-state index in [0.29, 0.717) is 70.1 Å². The van der Waals surface area contributed by atoms with Crippen LogP contribution in [0.25, 0.3) is 0 Å². The predicted molar refractivity (Wildman–Crippen MR) is 145 cm³/mol. The maximum absolute atomic E-state index is 14.1. The first kappa shape index (κ1) is 27.7. The maximum atomic E-state index is 14.1. The van der Waals surface area contributed by atoms with Crippen LogP contribution in [0.4, 0.5) is 4.39 Å². The van der Waals surface area contributed by atoms with Crippen molar-refractivity contribution in [3.05, 3.63) is 80.5 Å².